The number of hydrogen-bond acceptors (Lipinski definition) is 12. The Labute approximate surface area is 305 Å². The molecule has 296 valence electrons. The lowest BCUT2D eigenvalue weighted by Crippen LogP contribution is -2.63. The smallest absolute Gasteiger partial charge is 0.311 e. The maximum atomic E-state index is 14.1. The number of likely N-dealkylation sites (N-methyl/N-ethyl adjacent to an activating group) is 1. The van der Waals surface area contributed by atoms with Crippen molar-refractivity contribution in [2.45, 2.75) is 179 Å². The molecule has 2 bridgehead atoms. The summed E-state index contributed by atoms with van der Waals surface area (Å²) in [5.41, 5.74) is -3.00. The lowest BCUT2D eigenvalue weighted by atomic mass is 9.78. The molecule has 17 atom stereocenters. The van der Waals surface area contributed by atoms with E-state index in [9.17, 15) is 25.2 Å². The normalized spacial score (nSPS) is 49.0. The molecule has 0 amide bonds. The van der Waals surface area contributed by atoms with Crippen LogP contribution in [-0.2, 0) is 38.0 Å². The zero-order valence-electron chi connectivity index (χ0n) is 33.4. The summed E-state index contributed by atoms with van der Waals surface area (Å²) in [4.78, 5) is 14.1. The number of cyclic esters (lactones) is 1. The van der Waals surface area contributed by atoms with E-state index >= 15 is 0 Å². The van der Waals surface area contributed by atoms with Crippen molar-refractivity contribution >= 4 is 5.97 Å². The van der Waals surface area contributed by atoms with Gasteiger partial charge in [-0.25, -0.2) is 0 Å². The molecule has 4 unspecified atom stereocenters. The van der Waals surface area contributed by atoms with Crippen molar-refractivity contribution in [3.63, 3.8) is 0 Å². The fourth-order valence-electron chi connectivity index (χ4n) is 8.99. The van der Waals surface area contributed by atoms with E-state index in [-0.39, 0.29) is 25.0 Å². The van der Waals surface area contributed by atoms with Gasteiger partial charge in [0.05, 0.1) is 57.1 Å². The minimum atomic E-state index is -1.82. The standard InChI is InChI=1S/C38H68NO12/c1-15-26-38(10,44)31(41)21(4)29-19(2)17-37(9,51-29)33(50-35-28(40)25(39(11,12)13)16-20(3)46-35)22(5)30(23(6)34(43)48-26)49-27-18-36(8,45-14)32(42)24(7)47-27/h20-28,30-33,35,40-42,44H,15-18H2,1-14H3/q+1/t20-,21+,22?,23?,24-,25-,26?,27+,28-,30?,31-,32+,33-,35+,36-,37+,38-/m1/s1. The van der Waals surface area contributed by atoms with E-state index in [0.29, 0.717) is 23.1 Å². The van der Waals surface area contributed by atoms with Gasteiger partial charge in [0.2, 0.25) is 0 Å². The van der Waals surface area contributed by atoms with E-state index in [1.54, 1.807) is 34.6 Å². The van der Waals surface area contributed by atoms with Crippen molar-refractivity contribution in [2.75, 3.05) is 28.3 Å². The maximum Gasteiger partial charge on any atom is 0.311 e. The molecule has 3 fully saturated rings. The van der Waals surface area contributed by atoms with E-state index in [4.69, 9.17) is 33.2 Å². The van der Waals surface area contributed by atoms with Crippen LogP contribution in [0.2, 0.25) is 0 Å². The predicted octanol–water partition coefficient (Wildman–Crippen LogP) is 3.04. The summed E-state index contributed by atoms with van der Waals surface area (Å²) < 4.78 is 45.3. The van der Waals surface area contributed by atoms with Gasteiger partial charge in [-0.2, -0.15) is 0 Å². The molecule has 4 rings (SSSR count). The van der Waals surface area contributed by atoms with Crippen molar-refractivity contribution in [2.24, 2.45) is 17.8 Å². The van der Waals surface area contributed by atoms with Gasteiger partial charge in [-0.05, 0) is 60.5 Å². The lowest BCUT2D eigenvalue weighted by Gasteiger charge is -2.49. The molecule has 51 heavy (non-hydrogen) atoms. The summed E-state index contributed by atoms with van der Waals surface area (Å²) in [7, 11) is 7.62. The van der Waals surface area contributed by atoms with Gasteiger partial charge in [-0.3, -0.25) is 4.79 Å². The molecule has 0 spiro atoms. The number of hydrogen-bond donors (Lipinski definition) is 4. The molecule has 0 saturated carbocycles. The van der Waals surface area contributed by atoms with E-state index in [0.717, 1.165) is 5.57 Å². The van der Waals surface area contributed by atoms with Gasteiger partial charge in [0, 0.05) is 38.2 Å². The number of ether oxygens (including phenoxy) is 7. The highest BCUT2D eigenvalue weighted by atomic mass is 16.7. The Bertz CT molecular complexity index is 1250. The highest BCUT2D eigenvalue weighted by Crippen LogP contribution is 2.47. The largest absolute Gasteiger partial charge is 0.489 e. The molecule has 4 aliphatic rings. The Balaban J connectivity index is 1.85. The van der Waals surface area contributed by atoms with Crippen LogP contribution in [0, 0.1) is 17.8 Å². The minimum absolute atomic E-state index is 0.174. The van der Waals surface area contributed by atoms with Crippen molar-refractivity contribution < 1.29 is 62.9 Å². The Morgan fingerprint density at radius 3 is 2.14 bits per heavy atom. The van der Waals surface area contributed by atoms with E-state index < -0.39 is 95.8 Å². The van der Waals surface area contributed by atoms with Crippen LogP contribution in [-0.4, -0.2) is 143 Å². The van der Waals surface area contributed by atoms with Gasteiger partial charge in [0.25, 0.3) is 0 Å². The number of methoxy groups -OCH3 is 1. The van der Waals surface area contributed by atoms with Gasteiger partial charge in [-0.15, -0.1) is 0 Å². The first-order valence-corrected chi connectivity index (χ1v) is 18.8. The molecular formula is C38H68NO12+. The number of nitrogens with zero attached hydrogens (tertiary/aromatic N) is 1. The van der Waals surface area contributed by atoms with Crippen LogP contribution in [0.5, 0.6) is 0 Å². The van der Waals surface area contributed by atoms with Crippen LogP contribution in [0.1, 0.15) is 94.9 Å². The Morgan fingerprint density at radius 2 is 1.57 bits per heavy atom. The van der Waals surface area contributed by atoms with Crippen LogP contribution in [0.25, 0.3) is 0 Å². The molecule has 0 radical (unpaired) electrons. The molecule has 4 N–H and O–H groups in total. The van der Waals surface area contributed by atoms with E-state index in [1.165, 1.54) is 14.0 Å². The second kappa shape index (κ2) is 15.4. The summed E-state index contributed by atoms with van der Waals surface area (Å²) in [5.74, 6) is -2.31. The number of esters is 1. The van der Waals surface area contributed by atoms with Gasteiger partial charge >= 0.3 is 5.97 Å². The predicted molar refractivity (Wildman–Crippen MR) is 188 cm³/mol. The quantitative estimate of drug-likeness (QED) is 0.224. The monoisotopic (exact) mass is 730 g/mol. The highest BCUT2D eigenvalue weighted by molar-refractivity contribution is 5.73. The zero-order valence-corrected chi connectivity index (χ0v) is 33.4. The lowest BCUT2D eigenvalue weighted by molar-refractivity contribution is -0.903. The summed E-state index contributed by atoms with van der Waals surface area (Å²) in [6, 6.07) is -0.184. The Hall–Kier alpha value is -1.39. The van der Waals surface area contributed by atoms with Crippen molar-refractivity contribution in [1.29, 1.82) is 0 Å². The fraction of sp³-hybridized carbons (Fsp3) is 0.921. The second-order valence-corrected chi connectivity index (χ2v) is 17.5. The second-order valence-electron chi connectivity index (χ2n) is 17.5. The van der Waals surface area contributed by atoms with Gasteiger partial charge in [-0.1, -0.05) is 20.8 Å². The maximum absolute atomic E-state index is 14.1. The summed E-state index contributed by atoms with van der Waals surface area (Å²) in [6.45, 7) is 18.0. The molecule has 0 aliphatic carbocycles. The van der Waals surface area contributed by atoms with Crippen molar-refractivity contribution in [1.82, 2.24) is 0 Å². The van der Waals surface area contributed by atoms with Crippen LogP contribution < -0.4 is 0 Å². The first-order chi connectivity index (χ1) is 23.4. The average molecular weight is 731 g/mol. The molecular weight excluding hydrogens is 662 g/mol. The SMILES string of the molecule is CCC1OC(=O)C(C)C(O[C@H]2C[C@@](C)(OC)[C@@H](O)[C@@H](C)O2)C(C)[C@@H](O[C@@H]2O[C@H](C)C[C@@H]([N+](C)(C)C)[C@H]2O)[C@]2(C)CC(C)=C(O2)[C@H](C)[C@@H](O)[C@]1(C)O. The number of carbonyl (C=O) groups excluding carboxylic acids is 1. The first kappa shape index (κ1) is 42.4. The molecule has 4 aliphatic heterocycles. The molecule has 13 nitrogen and oxygen atoms in total. The van der Waals surface area contributed by atoms with E-state index in [2.05, 4.69) is 0 Å². The third-order valence-corrected chi connectivity index (χ3v) is 12.3. The van der Waals surface area contributed by atoms with Crippen LogP contribution >= 0.6 is 0 Å². The number of aliphatic hydroxyl groups excluding tert-OH is 3. The van der Waals surface area contributed by atoms with Gasteiger partial charge in [0.1, 0.15) is 41.3 Å². The Morgan fingerprint density at radius 1 is 0.941 bits per heavy atom. The summed E-state index contributed by atoms with van der Waals surface area (Å²) in [5, 5.41) is 46.1. The van der Waals surface area contributed by atoms with Crippen LogP contribution in [0.3, 0.4) is 0 Å². The fourth-order valence-corrected chi connectivity index (χ4v) is 8.99. The molecule has 13 heteroatoms. The third-order valence-electron chi connectivity index (χ3n) is 12.3. The number of aliphatic hydroxyl groups is 4. The minimum Gasteiger partial charge on any atom is -0.489 e. The number of fused-ring (bicyclic) bond motifs is 2. The number of quaternary nitrogens is 1. The van der Waals surface area contributed by atoms with Gasteiger partial charge < -0.3 is 58.1 Å². The number of carbonyl (C=O) groups is 1. The molecule has 4 heterocycles. The molecule has 3 saturated heterocycles. The van der Waals surface area contributed by atoms with E-state index in [1.807, 2.05) is 48.8 Å². The summed E-state index contributed by atoms with van der Waals surface area (Å²) in [6.07, 6.45) is -7.34. The topological polar surface area (TPSA) is 163 Å². The summed E-state index contributed by atoms with van der Waals surface area (Å²) >= 11 is 0. The zero-order chi connectivity index (χ0) is 38.6. The van der Waals surface area contributed by atoms with Crippen LogP contribution in [0.15, 0.2) is 11.3 Å². The highest BCUT2D eigenvalue weighted by Gasteiger charge is 2.56. The number of rotatable bonds is 7. The molecule has 0 aromatic heterocycles. The average Bonchev–Trinajstić information content (AvgIpc) is 3.36. The van der Waals surface area contributed by atoms with Crippen molar-refractivity contribution in [3.05, 3.63) is 11.3 Å². The molecule has 0 aromatic carbocycles. The third kappa shape index (κ3) is 8.33. The Kier molecular flexibility index (Phi) is 12.8. The van der Waals surface area contributed by atoms with Gasteiger partial charge in [0.15, 0.2) is 18.7 Å². The van der Waals surface area contributed by atoms with Crippen LogP contribution in [0.4, 0.5) is 0 Å². The molecule has 0 aromatic rings. The first-order valence-electron chi connectivity index (χ1n) is 18.8. The van der Waals surface area contributed by atoms with Crippen molar-refractivity contribution in [3.8, 4) is 0 Å².